The monoisotopic (exact) mass is 607 g/mol. The van der Waals surface area contributed by atoms with E-state index in [4.69, 9.17) is 27.9 Å². The summed E-state index contributed by atoms with van der Waals surface area (Å²) in [5, 5.41) is 14.7. The minimum absolute atomic E-state index is 0.156. The smallest absolute Gasteiger partial charge is 0.408 e. The van der Waals surface area contributed by atoms with E-state index in [1.165, 1.54) is 4.90 Å². The number of piperazine rings is 1. The maximum absolute atomic E-state index is 14.0. The third-order valence-electron chi connectivity index (χ3n) is 8.02. The van der Waals surface area contributed by atoms with Gasteiger partial charge in [-0.15, -0.1) is 0 Å². The number of hydrogen-bond acceptors (Lipinski definition) is 4. The van der Waals surface area contributed by atoms with Gasteiger partial charge in [-0.1, -0.05) is 77.8 Å². The molecule has 220 valence electrons. The highest BCUT2D eigenvalue weighted by molar-refractivity contribution is 6.32. The fraction of sp³-hybridized carbons (Fsp3) is 0.333. The van der Waals surface area contributed by atoms with E-state index >= 15 is 0 Å². The van der Waals surface area contributed by atoms with Crippen LogP contribution in [0, 0.1) is 0 Å². The first-order chi connectivity index (χ1) is 20.3. The van der Waals surface area contributed by atoms with Gasteiger partial charge in [0, 0.05) is 37.3 Å². The van der Waals surface area contributed by atoms with Crippen LogP contribution in [0.3, 0.4) is 0 Å². The van der Waals surface area contributed by atoms with Crippen molar-refractivity contribution in [1.29, 1.82) is 0 Å². The van der Waals surface area contributed by atoms with Crippen molar-refractivity contribution in [2.45, 2.75) is 37.8 Å². The Morgan fingerprint density at radius 3 is 2.40 bits per heavy atom. The van der Waals surface area contributed by atoms with Crippen LogP contribution in [-0.2, 0) is 17.6 Å². The van der Waals surface area contributed by atoms with Crippen molar-refractivity contribution in [3.63, 3.8) is 0 Å². The summed E-state index contributed by atoms with van der Waals surface area (Å²) in [6.45, 7) is 1.97. The Hall–Kier alpha value is -3.52. The van der Waals surface area contributed by atoms with Crippen molar-refractivity contribution in [1.82, 2.24) is 15.1 Å². The number of benzene rings is 3. The summed E-state index contributed by atoms with van der Waals surface area (Å²) >= 11 is 12.5. The fourth-order valence-electron chi connectivity index (χ4n) is 5.82. The molecule has 0 aliphatic carbocycles. The van der Waals surface area contributed by atoms with Crippen molar-refractivity contribution in [3.8, 4) is 5.75 Å². The number of amides is 2. The molecule has 3 aromatic carbocycles. The Morgan fingerprint density at radius 1 is 0.976 bits per heavy atom. The summed E-state index contributed by atoms with van der Waals surface area (Å²) < 4.78 is 5.82. The minimum Gasteiger partial charge on any atom is -0.492 e. The normalized spacial score (nSPS) is 18.1. The lowest BCUT2D eigenvalue weighted by atomic mass is 9.81. The van der Waals surface area contributed by atoms with Gasteiger partial charge >= 0.3 is 6.09 Å². The van der Waals surface area contributed by atoms with Crippen LogP contribution < -0.4 is 10.1 Å². The van der Waals surface area contributed by atoms with Crippen LogP contribution >= 0.6 is 23.2 Å². The van der Waals surface area contributed by atoms with Crippen molar-refractivity contribution in [2.75, 3.05) is 33.3 Å². The van der Waals surface area contributed by atoms with Gasteiger partial charge in [-0.05, 0) is 66.1 Å². The number of nitrogens with zero attached hydrogens (tertiary/aromatic N) is 2. The lowest BCUT2D eigenvalue weighted by Crippen LogP contribution is -2.63. The van der Waals surface area contributed by atoms with E-state index in [1.807, 2.05) is 48.5 Å². The summed E-state index contributed by atoms with van der Waals surface area (Å²) in [5.74, 6) is 0.527. The van der Waals surface area contributed by atoms with Crippen LogP contribution in [0.25, 0.3) is 5.57 Å². The number of nitrogens with one attached hydrogen (secondary N) is 1. The van der Waals surface area contributed by atoms with E-state index in [0.717, 1.165) is 35.1 Å². The van der Waals surface area contributed by atoms with Crippen LogP contribution in [0.5, 0.6) is 5.75 Å². The predicted octanol–water partition coefficient (Wildman–Crippen LogP) is 6.18. The van der Waals surface area contributed by atoms with Crippen LogP contribution in [-0.4, -0.2) is 72.3 Å². The van der Waals surface area contributed by atoms with E-state index in [1.54, 1.807) is 11.9 Å². The summed E-state index contributed by atoms with van der Waals surface area (Å²) in [6.07, 6.45) is 1.75. The quantitative estimate of drug-likeness (QED) is 0.269. The number of carbonyl (C=O) groups is 2. The number of likely N-dealkylation sites (N-methyl/N-ethyl adjacent to an activating group) is 1. The molecular formula is C33H35Cl2N3O4. The molecule has 2 N–H and O–H groups in total. The maximum atomic E-state index is 14.0. The molecule has 0 radical (unpaired) electrons. The predicted molar refractivity (Wildman–Crippen MR) is 166 cm³/mol. The minimum atomic E-state index is -0.996. The second-order valence-corrected chi connectivity index (χ2v) is 11.6. The van der Waals surface area contributed by atoms with E-state index < -0.39 is 12.1 Å². The molecule has 42 heavy (non-hydrogen) atoms. The van der Waals surface area contributed by atoms with Crippen LogP contribution in [0.4, 0.5) is 4.79 Å². The van der Waals surface area contributed by atoms with Gasteiger partial charge < -0.3 is 20.1 Å². The average molecular weight is 609 g/mol. The summed E-state index contributed by atoms with van der Waals surface area (Å²) in [6, 6.07) is 22.5. The Kier molecular flexibility index (Phi) is 9.73. The van der Waals surface area contributed by atoms with Gasteiger partial charge in [-0.3, -0.25) is 9.69 Å². The first kappa shape index (κ1) is 30.0. The van der Waals surface area contributed by atoms with Crippen molar-refractivity contribution in [3.05, 3.63) is 105 Å². The highest BCUT2D eigenvalue weighted by Gasteiger charge is 2.44. The highest BCUT2D eigenvalue weighted by Crippen LogP contribution is 2.37. The first-order valence-electron chi connectivity index (χ1n) is 14.2. The number of carbonyl (C=O) groups excluding carboxylic acids is 1. The van der Waals surface area contributed by atoms with Gasteiger partial charge in [-0.2, -0.15) is 0 Å². The second kappa shape index (κ2) is 13.6. The van der Waals surface area contributed by atoms with Gasteiger partial charge in [0.15, 0.2) is 0 Å². The van der Waals surface area contributed by atoms with Gasteiger partial charge in [0.25, 0.3) is 5.91 Å². The molecule has 0 spiro atoms. The summed E-state index contributed by atoms with van der Waals surface area (Å²) in [7, 11) is 1.77. The number of halogens is 2. The molecule has 2 amide bonds. The lowest BCUT2D eigenvalue weighted by Gasteiger charge is -2.46. The fourth-order valence-corrected chi connectivity index (χ4v) is 6.24. The standard InChI is InChI=1S/C33H35Cl2N3O4/c1-37(17-16-24-8-2-3-9-27(24)34)32(39)31-26(19-25-20-36-21-29(31)38(25)33(40)41)23-14-12-22(13-15-23)7-6-18-42-30-11-5-4-10-28(30)35/h2-5,8-15,25,29,36H,6-7,16-21H2,1H3,(H,40,41)/t25-,29-/m1/s1. The topological polar surface area (TPSA) is 82.1 Å². The molecule has 2 bridgehead atoms. The zero-order valence-corrected chi connectivity index (χ0v) is 25.1. The molecular weight excluding hydrogens is 573 g/mol. The first-order valence-corrected chi connectivity index (χ1v) is 15.0. The Bertz CT molecular complexity index is 1460. The maximum Gasteiger partial charge on any atom is 0.408 e. The number of fused-ring (bicyclic) bond motifs is 2. The van der Waals surface area contributed by atoms with Gasteiger partial charge in [0.1, 0.15) is 5.75 Å². The lowest BCUT2D eigenvalue weighted by molar-refractivity contribution is -0.126. The Labute approximate surface area is 256 Å². The molecule has 7 nitrogen and oxygen atoms in total. The molecule has 1 saturated heterocycles. The summed E-state index contributed by atoms with van der Waals surface area (Å²) in [5.41, 5.74) is 4.55. The van der Waals surface area contributed by atoms with E-state index in [0.29, 0.717) is 60.5 Å². The number of ether oxygens (including phenoxy) is 1. The largest absolute Gasteiger partial charge is 0.492 e. The number of aryl methyl sites for hydroxylation is 1. The van der Waals surface area contributed by atoms with Crippen LogP contribution in [0.2, 0.25) is 10.0 Å². The molecule has 2 heterocycles. The molecule has 0 aromatic heterocycles. The molecule has 0 saturated carbocycles. The SMILES string of the molecule is CN(CCc1ccccc1Cl)C(=O)C1=C(c2ccc(CCCOc3ccccc3Cl)cc2)C[C@@H]2CNC[C@H]1N2C(=O)O. The van der Waals surface area contributed by atoms with Gasteiger partial charge in [-0.25, -0.2) is 4.79 Å². The van der Waals surface area contributed by atoms with Gasteiger partial charge in [0.2, 0.25) is 0 Å². The number of hydrogen-bond donors (Lipinski definition) is 2. The molecule has 1 fully saturated rings. The molecule has 3 aromatic rings. The zero-order valence-electron chi connectivity index (χ0n) is 23.6. The van der Waals surface area contributed by atoms with Gasteiger partial charge in [0.05, 0.1) is 23.7 Å². The number of carboxylic acid groups (broad SMARTS) is 1. The number of para-hydroxylation sites is 1. The molecule has 5 rings (SSSR count). The molecule has 2 aliphatic rings. The van der Waals surface area contributed by atoms with Crippen molar-refractivity contribution >= 4 is 40.8 Å². The van der Waals surface area contributed by atoms with Crippen LogP contribution in [0.1, 0.15) is 29.5 Å². The van der Waals surface area contributed by atoms with E-state index in [-0.39, 0.29) is 11.9 Å². The Balaban J connectivity index is 1.34. The third-order valence-corrected chi connectivity index (χ3v) is 8.70. The molecule has 2 atom stereocenters. The van der Waals surface area contributed by atoms with E-state index in [9.17, 15) is 14.7 Å². The van der Waals surface area contributed by atoms with Crippen LogP contribution in [0.15, 0.2) is 78.4 Å². The molecule has 0 unspecified atom stereocenters. The van der Waals surface area contributed by atoms with Crippen molar-refractivity contribution < 1.29 is 19.4 Å². The Morgan fingerprint density at radius 2 is 1.69 bits per heavy atom. The zero-order chi connectivity index (χ0) is 29.6. The molecule has 2 aliphatic heterocycles. The van der Waals surface area contributed by atoms with Crippen molar-refractivity contribution in [2.24, 2.45) is 0 Å². The number of rotatable bonds is 10. The van der Waals surface area contributed by atoms with E-state index in [2.05, 4.69) is 29.6 Å². The highest BCUT2D eigenvalue weighted by atomic mass is 35.5. The third kappa shape index (κ3) is 6.75. The summed E-state index contributed by atoms with van der Waals surface area (Å²) in [4.78, 5) is 29.4. The average Bonchev–Trinajstić information content (AvgIpc) is 2.99. The second-order valence-electron chi connectivity index (χ2n) is 10.8. The molecule has 9 heteroatoms.